The van der Waals surface area contributed by atoms with Gasteiger partial charge in [-0.25, -0.2) is 0 Å². The zero-order valence-corrected chi connectivity index (χ0v) is 9.13. The molecule has 0 amide bonds. The minimum Gasteiger partial charge on any atom is -0.324 e. The number of aromatic nitrogens is 3. The lowest BCUT2D eigenvalue weighted by Gasteiger charge is -2.03. The van der Waals surface area contributed by atoms with E-state index < -0.39 is 7.60 Å². The second-order valence-electron chi connectivity index (χ2n) is 3.35. The highest BCUT2D eigenvalue weighted by Crippen LogP contribution is 2.38. The zero-order chi connectivity index (χ0) is 11.6. The molecule has 0 saturated heterocycles. The molecule has 3 N–H and O–H groups in total. The molecule has 2 rings (SSSR count). The van der Waals surface area contributed by atoms with Gasteiger partial charge in [0, 0.05) is 23.5 Å². The molecule has 7 heteroatoms. The smallest absolute Gasteiger partial charge is 0.324 e. The zero-order valence-electron chi connectivity index (χ0n) is 8.24. The molecule has 0 aliphatic rings. The molecule has 0 radical (unpaired) electrons. The first-order valence-electron chi connectivity index (χ1n) is 4.53. The van der Waals surface area contributed by atoms with Crippen LogP contribution in [-0.4, -0.2) is 25.0 Å². The Hall–Kier alpha value is -1.49. The monoisotopic (exact) mass is 239 g/mol. The number of nitrogens with one attached hydrogen (secondary N) is 1. The molecule has 0 unspecified atom stereocenters. The Morgan fingerprint density at radius 2 is 2.06 bits per heavy atom. The molecular weight excluding hydrogens is 229 g/mol. The van der Waals surface area contributed by atoms with Gasteiger partial charge in [-0.15, -0.1) is 0 Å². The summed E-state index contributed by atoms with van der Waals surface area (Å²) in [6, 6.07) is 3.35. The van der Waals surface area contributed by atoms with Crippen molar-refractivity contribution in [3.8, 4) is 11.1 Å². The second kappa shape index (κ2) is 4.17. The fourth-order valence-electron chi connectivity index (χ4n) is 1.31. The van der Waals surface area contributed by atoms with Crippen LogP contribution in [0.5, 0.6) is 0 Å². The maximum absolute atomic E-state index is 10.8. The lowest BCUT2D eigenvalue weighted by molar-refractivity contribution is 0.371. The van der Waals surface area contributed by atoms with E-state index in [0.717, 1.165) is 11.1 Å². The highest BCUT2D eigenvalue weighted by molar-refractivity contribution is 7.50. The van der Waals surface area contributed by atoms with E-state index in [4.69, 9.17) is 9.79 Å². The van der Waals surface area contributed by atoms with E-state index in [1.54, 1.807) is 30.7 Å². The van der Waals surface area contributed by atoms with Crippen LogP contribution in [0.2, 0.25) is 0 Å². The van der Waals surface area contributed by atoms with Crippen LogP contribution in [0, 0.1) is 0 Å². The van der Waals surface area contributed by atoms with Gasteiger partial charge in [-0.3, -0.25) is 14.6 Å². The second-order valence-corrected chi connectivity index (χ2v) is 4.99. The lowest BCUT2D eigenvalue weighted by atomic mass is 10.1. The summed E-state index contributed by atoms with van der Waals surface area (Å²) in [4.78, 5) is 21.5. The first kappa shape index (κ1) is 11.0. The fraction of sp³-hybridized carbons (Fsp3) is 0.111. The van der Waals surface area contributed by atoms with E-state index in [1.807, 2.05) is 0 Å². The van der Waals surface area contributed by atoms with Crippen molar-refractivity contribution in [2.45, 2.75) is 6.16 Å². The van der Waals surface area contributed by atoms with Crippen molar-refractivity contribution >= 4 is 7.60 Å². The average Bonchev–Trinajstić information content (AvgIpc) is 2.69. The number of hydrogen-bond donors (Lipinski definition) is 3. The first-order valence-corrected chi connectivity index (χ1v) is 6.33. The summed E-state index contributed by atoms with van der Waals surface area (Å²) in [6.45, 7) is 0. The minimum absolute atomic E-state index is 0.335. The van der Waals surface area contributed by atoms with Crippen LogP contribution in [0.25, 0.3) is 11.1 Å². The van der Waals surface area contributed by atoms with E-state index in [1.165, 1.54) is 0 Å². The van der Waals surface area contributed by atoms with Crippen LogP contribution < -0.4 is 0 Å². The van der Waals surface area contributed by atoms with Gasteiger partial charge in [0.15, 0.2) is 0 Å². The molecule has 84 valence electrons. The third kappa shape index (κ3) is 2.76. The summed E-state index contributed by atoms with van der Waals surface area (Å²) in [7, 11) is -4.04. The topological polar surface area (TPSA) is 99.1 Å². The molecule has 0 saturated carbocycles. The van der Waals surface area contributed by atoms with Gasteiger partial charge >= 0.3 is 7.60 Å². The minimum atomic E-state index is -4.04. The van der Waals surface area contributed by atoms with Gasteiger partial charge in [0.25, 0.3) is 0 Å². The predicted molar refractivity (Wildman–Crippen MR) is 57.6 cm³/mol. The van der Waals surface area contributed by atoms with Crippen molar-refractivity contribution in [3.63, 3.8) is 0 Å². The summed E-state index contributed by atoms with van der Waals surface area (Å²) in [5.74, 6) is 0. The summed E-state index contributed by atoms with van der Waals surface area (Å²) >= 11 is 0. The van der Waals surface area contributed by atoms with Crippen molar-refractivity contribution < 1.29 is 14.4 Å². The van der Waals surface area contributed by atoms with Crippen molar-refractivity contribution in [1.29, 1.82) is 0 Å². The first-order chi connectivity index (χ1) is 7.54. The van der Waals surface area contributed by atoms with Gasteiger partial charge in [-0.1, -0.05) is 6.07 Å². The molecule has 2 aromatic heterocycles. The van der Waals surface area contributed by atoms with Gasteiger partial charge in [0.1, 0.15) is 0 Å². The maximum atomic E-state index is 10.8. The number of rotatable bonds is 3. The van der Waals surface area contributed by atoms with Crippen LogP contribution in [0.15, 0.2) is 30.7 Å². The normalized spacial score (nSPS) is 11.6. The fourth-order valence-corrected chi connectivity index (χ4v) is 1.92. The van der Waals surface area contributed by atoms with Gasteiger partial charge in [-0.05, 0) is 6.07 Å². The SMILES string of the molecule is O=P(O)(O)Cc1ccc(-c2cn[nH]c2)cn1. The number of nitrogens with zero attached hydrogens (tertiary/aromatic N) is 2. The average molecular weight is 239 g/mol. The molecule has 6 nitrogen and oxygen atoms in total. The number of aromatic amines is 1. The van der Waals surface area contributed by atoms with Crippen LogP contribution in [0.3, 0.4) is 0 Å². The highest BCUT2D eigenvalue weighted by Gasteiger charge is 2.14. The van der Waals surface area contributed by atoms with E-state index in [0.29, 0.717) is 5.69 Å². The Morgan fingerprint density at radius 1 is 1.25 bits per heavy atom. The Balaban J connectivity index is 2.20. The van der Waals surface area contributed by atoms with Crippen molar-refractivity contribution in [2.75, 3.05) is 0 Å². The molecule has 0 aliphatic heterocycles. The number of pyridine rings is 1. The molecule has 16 heavy (non-hydrogen) atoms. The number of hydrogen-bond acceptors (Lipinski definition) is 3. The molecular formula is C9H10N3O3P. The predicted octanol–water partition coefficient (Wildman–Crippen LogP) is 1.15. The quantitative estimate of drug-likeness (QED) is 0.697. The largest absolute Gasteiger partial charge is 0.331 e. The molecule has 0 bridgehead atoms. The third-order valence-electron chi connectivity index (χ3n) is 2.02. The van der Waals surface area contributed by atoms with Crippen LogP contribution >= 0.6 is 7.60 Å². The van der Waals surface area contributed by atoms with Gasteiger partial charge < -0.3 is 9.79 Å². The lowest BCUT2D eigenvalue weighted by Crippen LogP contribution is -1.91. The summed E-state index contributed by atoms with van der Waals surface area (Å²) in [6.07, 6.45) is 4.61. The van der Waals surface area contributed by atoms with Crippen molar-refractivity contribution in [1.82, 2.24) is 15.2 Å². The third-order valence-corrected chi connectivity index (χ3v) is 2.76. The molecule has 0 fully saturated rings. The Morgan fingerprint density at radius 3 is 2.56 bits per heavy atom. The summed E-state index contributed by atoms with van der Waals surface area (Å²) < 4.78 is 10.8. The van der Waals surface area contributed by atoms with Gasteiger partial charge in [0.05, 0.1) is 18.1 Å². The maximum Gasteiger partial charge on any atom is 0.331 e. The molecule has 0 aromatic carbocycles. The molecule has 2 heterocycles. The van der Waals surface area contributed by atoms with E-state index in [-0.39, 0.29) is 6.16 Å². The van der Waals surface area contributed by atoms with E-state index in [2.05, 4.69) is 15.2 Å². The van der Waals surface area contributed by atoms with E-state index >= 15 is 0 Å². The molecule has 0 aliphatic carbocycles. The van der Waals surface area contributed by atoms with Crippen LogP contribution in [0.4, 0.5) is 0 Å². The Bertz CT molecular complexity index is 503. The van der Waals surface area contributed by atoms with Crippen molar-refractivity contribution in [2.24, 2.45) is 0 Å². The molecule has 2 aromatic rings. The molecule has 0 atom stereocenters. The van der Waals surface area contributed by atoms with Crippen LogP contribution in [0.1, 0.15) is 5.69 Å². The highest BCUT2D eigenvalue weighted by atomic mass is 31.2. The summed E-state index contributed by atoms with van der Waals surface area (Å²) in [5, 5.41) is 6.48. The van der Waals surface area contributed by atoms with Crippen LogP contribution in [-0.2, 0) is 10.7 Å². The van der Waals surface area contributed by atoms with Gasteiger partial charge in [-0.2, -0.15) is 5.10 Å². The van der Waals surface area contributed by atoms with E-state index in [9.17, 15) is 4.57 Å². The Kier molecular flexibility index (Phi) is 2.87. The Labute approximate surface area is 91.5 Å². The van der Waals surface area contributed by atoms with Crippen molar-refractivity contribution in [3.05, 3.63) is 36.4 Å². The standard InChI is InChI=1S/C9H10N3O3P/c13-16(14,15)6-9-2-1-7(3-10-9)8-4-11-12-5-8/h1-5H,6H2,(H,11,12)(H2,13,14,15). The molecule has 0 spiro atoms. The number of H-pyrrole nitrogens is 1. The summed E-state index contributed by atoms with van der Waals surface area (Å²) in [5.41, 5.74) is 2.11. The van der Waals surface area contributed by atoms with Gasteiger partial charge in [0.2, 0.25) is 0 Å².